The van der Waals surface area contributed by atoms with Crippen LogP contribution in [0, 0.1) is 6.92 Å². The monoisotopic (exact) mass is 288 g/mol. The summed E-state index contributed by atoms with van der Waals surface area (Å²) in [6.07, 6.45) is 0. The van der Waals surface area contributed by atoms with Crippen LogP contribution in [0.5, 0.6) is 0 Å². The van der Waals surface area contributed by atoms with Crippen LogP contribution in [-0.4, -0.2) is 4.98 Å². The number of nitrogens with one attached hydrogen (secondary N) is 1. The average Bonchev–Trinajstić information content (AvgIpc) is 2.81. The molecule has 2 aromatic rings. The second kappa shape index (κ2) is 6.40. The van der Waals surface area contributed by atoms with Crippen LogP contribution >= 0.6 is 11.3 Å². The number of anilines is 1. The summed E-state index contributed by atoms with van der Waals surface area (Å²) in [6.45, 7) is 11.9. The second-order valence-corrected chi connectivity index (χ2v) is 6.81. The summed E-state index contributed by atoms with van der Waals surface area (Å²) in [5, 5.41) is 3.57. The van der Waals surface area contributed by atoms with Crippen molar-refractivity contribution < 1.29 is 0 Å². The molecule has 2 rings (SSSR count). The van der Waals surface area contributed by atoms with E-state index in [2.05, 4.69) is 63.1 Å². The van der Waals surface area contributed by atoms with Crippen LogP contribution in [-0.2, 0) is 6.54 Å². The minimum absolute atomic E-state index is 0.527. The highest BCUT2D eigenvalue weighted by Gasteiger charge is 2.10. The Morgan fingerprint density at radius 2 is 1.90 bits per heavy atom. The first-order chi connectivity index (χ1) is 9.49. The van der Waals surface area contributed by atoms with E-state index in [0.29, 0.717) is 11.8 Å². The molecule has 1 aromatic heterocycles. The fraction of sp³-hybridized carbons (Fsp3) is 0.471. The predicted octanol–water partition coefficient (Wildman–Crippen LogP) is 5.31. The fourth-order valence-electron chi connectivity index (χ4n) is 2.25. The summed E-state index contributed by atoms with van der Waals surface area (Å²) in [4.78, 5) is 5.61. The van der Waals surface area contributed by atoms with Gasteiger partial charge in [-0.3, -0.25) is 0 Å². The molecule has 0 aliphatic carbocycles. The number of hydrogen-bond donors (Lipinski definition) is 1. The molecule has 0 radical (unpaired) electrons. The zero-order valence-corrected chi connectivity index (χ0v) is 13.8. The molecule has 0 saturated heterocycles. The molecule has 1 aromatic carbocycles. The summed E-state index contributed by atoms with van der Waals surface area (Å²) in [5.74, 6) is 1.10. The maximum atomic E-state index is 4.30. The molecular weight excluding hydrogens is 264 g/mol. The lowest BCUT2D eigenvalue weighted by Gasteiger charge is -2.17. The van der Waals surface area contributed by atoms with Crippen LogP contribution in [0.3, 0.4) is 0 Å². The van der Waals surface area contributed by atoms with Gasteiger partial charge in [-0.25, -0.2) is 4.98 Å². The third-order valence-corrected chi connectivity index (χ3v) is 4.58. The van der Waals surface area contributed by atoms with Gasteiger partial charge < -0.3 is 5.32 Å². The highest BCUT2D eigenvalue weighted by atomic mass is 32.1. The van der Waals surface area contributed by atoms with Crippen LogP contribution in [0.15, 0.2) is 23.7 Å². The molecule has 0 fully saturated rings. The summed E-state index contributed by atoms with van der Waals surface area (Å²) in [5.41, 5.74) is 7.11. The van der Waals surface area contributed by atoms with Gasteiger partial charge in [0.1, 0.15) is 0 Å². The number of aromatic nitrogens is 1. The summed E-state index contributed by atoms with van der Waals surface area (Å²) in [7, 11) is 0. The molecule has 108 valence electrons. The quantitative estimate of drug-likeness (QED) is 0.806. The van der Waals surface area contributed by atoms with E-state index in [0.717, 1.165) is 12.2 Å². The molecular formula is C17H24N2S. The summed E-state index contributed by atoms with van der Waals surface area (Å²) >= 11 is 1.72. The van der Waals surface area contributed by atoms with Crippen molar-refractivity contribution in [2.45, 2.75) is 53.0 Å². The van der Waals surface area contributed by atoms with E-state index >= 15 is 0 Å². The first-order valence-electron chi connectivity index (χ1n) is 7.25. The average molecular weight is 288 g/mol. The third-order valence-electron chi connectivity index (χ3n) is 3.65. The van der Waals surface area contributed by atoms with Crippen LogP contribution in [0.1, 0.15) is 61.2 Å². The Morgan fingerprint density at radius 3 is 2.45 bits per heavy atom. The molecule has 3 heteroatoms. The number of nitrogens with zero attached hydrogens (tertiary/aromatic N) is 1. The van der Waals surface area contributed by atoms with Gasteiger partial charge in [-0.1, -0.05) is 39.8 Å². The number of hydrogen-bond acceptors (Lipinski definition) is 3. The lowest BCUT2D eigenvalue weighted by atomic mass is 9.94. The molecule has 0 aliphatic rings. The van der Waals surface area contributed by atoms with Crippen molar-refractivity contribution in [3.63, 3.8) is 0 Å². The maximum absolute atomic E-state index is 4.30. The van der Waals surface area contributed by atoms with Crippen molar-refractivity contribution in [1.82, 2.24) is 4.98 Å². The van der Waals surface area contributed by atoms with Crippen LogP contribution in [0.25, 0.3) is 0 Å². The Balaban J connectivity index is 2.20. The molecule has 0 amide bonds. The lowest BCUT2D eigenvalue weighted by Crippen LogP contribution is -2.04. The minimum atomic E-state index is 0.527. The van der Waals surface area contributed by atoms with Crippen molar-refractivity contribution in [2.24, 2.45) is 0 Å². The van der Waals surface area contributed by atoms with Gasteiger partial charge in [0.2, 0.25) is 0 Å². The smallest absolute Gasteiger partial charge is 0.0798 e. The van der Waals surface area contributed by atoms with Gasteiger partial charge >= 0.3 is 0 Å². The van der Waals surface area contributed by atoms with E-state index in [1.807, 2.05) is 5.51 Å². The molecule has 0 saturated carbocycles. The zero-order chi connectivity index (χ0) is 14.7. The molecule has 2 nitrogen and oxygen atoms in total. The first-order valence-corrected chi connectivity index (χ1v) is 8.13. The van der Waals surface area contributed by atoms with Gasteiger partial charge in [0.15, 0.2) is 0 Å². The van der Waals surface area contributed by atoms with E-state index in [4.69, 9.17) is 0 Å². The topological polar surface area (TPSA) is 24.9 Å². The number of aryl methyl sites for hydroxylation is 1. The standard InChI is InChI=1S/C17H24N2S/c1-11(2)14-6-7-16(15(8-14)12(3)4)18-9-17-13(5)19-10-20-17/h6-8,10-12,18H,9H2,1-5H3. The van der Waals surface area contributed by atoms with E-state index in [-0.39, 0.29) is 0 Å². The summed E-state index contributed by atoms with van der Waals surface area (Å²) < 4.78 is 0. The highest BCUT2D eigenvalue weighted by Crippen LogP contribution is 2.29. The first kappa shape index (κ1) is 15.0. The largest absolute Gasteiger partial charge is 0.380 e. The molecule has 0 unspecified atom stereocenters. The molecule has 1 heterocycles. The van der Waals surface area contributed by atoms with E-state index in [1.54, 1.807) is 11.3 Å². The van der Waals surface area contributed by atoms with Gasteiger partial charge in [-0.15, -0.1) is 11.3 Å². The Bertz CT molecular complexity index is 570. The van der Waals surface area contributed by atoms with Crippen molar-refractivity contribution in [1.29, 1.82) is 0 Å². The van der Waals surface area contributed by atoms with Gasteiger partial charge in [0.05, 0.1) is 17.7 Å². The van der Waals surface area contributed by atoms with Gasteiger partial charge in [-0.05, 0) is 36.0 Å². The normalized spacial score (nSPS) is 11.3. The van der Waals surface area contributed by atoms with Crippen LogP contribution in [0.4, 0.5) is 5.69 Å². The molecule has 1 N–H and O–H groups in total. The van der Waals surface area contributed by atoms with Crippen LogP contribution in [0.2, 0.25) is 0 Å². The lowest BCUT2D eigenvalue weighted by molar-refractivity contribution is 0.833. The Labute approximate surface area is 126 Å². The third kappa shape index (κ3) is 3.40. The predicted molar refractivity (Wildman–Crippen MR) is 88.8 cm³/mol. The number of thiazole rings is 1. The van der Waals surface area contributed by atoms with Gasteiger partial charge in [0.25, 0.3) is 0 Å². The zero-order valence-electron chi connectivity index (χ0n) is 13.0. The Morgan fingerprint density at radius 1 is 1.15 bits per heavy atom. The van der Waals surface area contributed by atoms with Crippen LogP contribution < -0.4 is 5.32 Å². The minimum Gasteiger partial charge on any atom is -0.380 e. The van der Waals surface area contributed by atoms with E-state index < -0.39 is 0 Å². The Hall–Kier alpha value is -1.35. The van der Waals surface area contributed by atoms with Crippen molar-refractivity contribution in [2.75, 3.05) is 5.32 Å². The summed E-state index contributed by atoms with van der Waals surface area (Å²) in [6, 6.07) is 6.80. The SMILES string of the molecule is Cc1ncsc1CNc1ccc(C(C)C)cc1C(C)C. The van der Waals surface area contributed by atoms with Crippen molar-refractivity contribution in [3.8, 4) is 0 Å². The van der Waals surface area contributed by atoms with Crippen molar-refractivity contribution in [3.05, 3.63) is 45.4 Å². The second-order valence-electron chi connectivity index (χ2n) is 5.87. The maximum Gasteiger partial charge on any atom is 0.0798 e. The molecule has 0 spiro atoms. The van der Waals surface area contributed by atoms with E-state index in [9.17, 15) is 0 Å². The van der Waals surface area contributed by atoms with Gasteiger partial charge in [-0.2, -0.15) is 0 Å². The molecule has 0 bridgehead atoms. The molecule has 20 heavy (non-hydrogen) atoms. The fourth-order valence-corrected chi connectivity index (χ4v) is 2.97. The number of rotatable bonds is 5. The van der Waals surface area contributed by atoms with Crippen molar-refractivity contribution >= 4 is 17.0 Å². The number of benzene rings is 1. The molecule has 0 atom stereocenters. The van der Waals surface area contributed by atoms with E-state index in [1.165, 1.54) is 21.7 Å². The molecule has 0 aliphatic heterocycles. The Kier molecular flexibility index (Phi) is 4.81. The van der Waals surface area contributed by atoms with Gasteiger partial charge in [0, 0.05) is 10.6 Å². The highest BCUT2D eigenvalue weighted by molar-refractivity contribution is 7.09.